The lowest BCUT2D eigenvalue weighted by molar-refractivity contribution is 0.247. The Labute approximate surface area is 154 Å². The highest BCUT2D eigenvalue weighted by atomic mass is 32.3. The maximum Gasteiger partial charge on any atom is 0.488 e. The van der Waals surface area contributed by atoms with Gasteiger partial charge < -0.3 is 4.18 Å². The third-order valence-corrected chi connectivity index (χ3v) is 4.85. The standard InChI is InChI=1S/C19H23FN2O3S/c20-26(23,24)25-19-9-7-18(8-10-19)16-22-12-4-11-21(13-14-22)15-17-5-2-1-3-6-17/h1-3,5-10H,4,11-16H2. The third-order valence-electron chi connectivity index (χ3n) is 4.46. The lowest BCUT2D eigenvalue weighted by Crippen LogP contribution is -2.30. The Balaban J connectivity index is 1.51. The van der Waals surface area contributed by atoms with E-state index in [0.29, 0.717) is 0 Å². The van der Waals surface area contributed by atoms with E-state index in [4.69, 9.17) is 0 Å². The Bertz CT molecular complexity index is 797. The summed E-state index contributed by atoms with van der Waals surface area (Å²) in [4.78, 5) is 4.85. The third kappa shape index (κ3) is 6.09. The van der Waals surface area contributed by atoms with Gasteiger partial charge in [-0.2, -0.15) is 8.42 Å². The molecular weight excluding hydrogens is 355 g/mol. The molecule has 1 aliphatic rings. The summed E-state index contributed by atoms with van der Waals surface area (Å²) in [5.41, 5.74) is 2.38. The molecule has 0 radical (unpaired) electrons. The van der Waals surface area contributed by atoms with Crippen molar-refractivity contribution in [2.75, 3.05) is 26.2 Å². The van der Waals surface area contributed by atoms with Crippen molar-refractivity contribution in [1.82, 2.24) is 9.80 Å². The SMILES string of the molecule is O=S(=O)(F)Oc1ccc(CN2CCCN(Cc3ccccc3)CC2)cc1. The normalized spacial score (nSPS) is 17.0. The van der Waals surface area contributed by atoms with Crippen LogP contribution in [0.5, 0.6) is 5.75 Å². The van der Waals surface area contributed by atoms with E-state index in [-0.39, 0.29) is 5.75 Å². The Morgan fingerprint density at radius 2 is 1.35 bits per heavy atom. The molecule has 1 heterocycles. The molecule has 0 aromatic heterocycles. The van der Waals surface area contributed by atoms with Crippen molar-refractivity contribution in [1.29, 1.82) is 0 Å². The van der Waals surface area contributed by atoms with Gasteiger partial charge in [-0.25, -0.2) is 0 Å². The van der Waals surface area contributed by atoms with Crippen LogP contribution >= 0.6 is 0 Å². The molecule has 2 aromatic rings. The molecule has 1 aliphatic heterocycles. The molecule has 0 aliphatic carbocycles. The highest BCUT2D eigenvalue weighted by Gasteiger charge is 2.15. The molecule has 1 fully saturated rings. The predicted molar refractivity (Wildman–Crippen MR) is 98.7 cm³/mol. The zero-order valence-electron chi connectivity index (χ0n) is 14.6. The van der Waals surface area contributed by atoms with E-state index in [9.17, 15) is 12.3 Å². The fourth-order valence-electron chi connectivity index (χ4n) is 3.21. The van der Waals surface area contributed by atoms with Crippen LogP contribution in [-0.4, -0.2) is 44.4 Å². The van der Waals surface area contributed by atoms with E-state index >= 15 is 0 Å². The minimum absolute atomic E-state index is 0.0128. The number of nitrogens with zero attached hydrogens (tertiary/aromatic N) is 2. The van der Waals surface area contributed by atoms with Crippen LogP contribution in [0.4, 0.5) is 3.89 Å². The predicted octanol–water partition coefficient (Wildman–Crippen LogP) is 2.99. The molecule has 0 bridgehead atoms. The second-order valence-electron chi connectivity index (χ2n) is 6.51. The maximum atomic E-state index is 12.5. The first-order valence-corrected chi connectivity index (χ1v) is 10.0. The van der Waals surface area contributed by atoms with E-state index < -0.39 is 10.5 Å². The van der Waals surface area contributed by atoms with Gasteiger partial charge in [0.15, 0.2) is 0 Å². The molecule has 26 heavy (non-hydrogen) atoms. The quantitative estimate of drug-likeness (QED) is 0.724. The average molecular weight is 378 g/mol. The molecule has 2 aromatic carbocycles. The van der Waals surface area contributed by atoms with Gasteiger partial charge in [-0.1, -0.05) is 46.4 Å². The van der Waals surface area contributed by atoms with Gasteiger partial charge in [-0.05, 0) is 42.8 Å². The van der Waals surface area contributed by atoms with Crippen LogP contribution in [-0.2, 0) is 23.6 Å². The minimum atomic E-state index is -4.97. The summed E-state index contributed by atoms with van der Waals surface area (Å²) >= 11 is 0. The summed E-state index contributed by atoms with van der Waals surface area (Å²) in [5, 5.41) is 0. The van der Waals surface area contributed by atoms with Crippen molar-refractivity contribution >= 4 is 10.5 Å². The van der Waals surface area contributed by atoms with Crippen molar-refractivity contribution < 1.29 is 16.5 Å². The highest BCUT2D eigenvalue weighted by Crippen LogP contribution is 2.17. The van der Waals surface area contributed by atoms with Crippen LogP contribution in [0, 0.1) is 0 Å². The monoisotopic (exact) mass is 378 g/mol. The molecule has 0 atom stereocenters. The topological polar surface area (TPSA) is 49.9 Å². The van der Waals surface area contributed by atoms with Crippen LogP contribution in [0.1, 0.15) is 17.5 Å². The lowest BCUT2D eigenvalue weighted by atomic mass is 10.2. The van der Waals surface area contributed by atoms with Crippen molar-refractivity contribution in [3.05, 3.63) is 65.7 Å². The van der Waals surface area contributed by atoms with Crippen molar-refractivity contribution in [3.8, 4) is 5.75 Å². The Morgan fingerprint density at radius 3 is 1.88 bits per heavy atom. The van der Waals surface area contributed by atoms with Crippen LogP contribution in [0.3, 0.4) is 0 Å². The van der Waals surface area contributed by atoms with Gasteiger partial charge in [0.1, 0.15) is 5.75 Å². The van der Waals surface area contributed by atoms with Crippen molar-refractivity contribution in [2.24, 2.45) is 0 Å². The van der Waals surface area contributed by atoms with Gasteiger partial charge in [0.2, 0.25) is 0 Å². The number of hydrogen-bond acceptors (Lipinski definition) is 5. The minimum Gasteiger partial charge on any atom is -0.358 e. The van der Waals surface area contributed by atoms with Crippen molar-refractivity contribution in [3.63, 3.8) is 0 Å². The number of benzene rings is 2. The zero-order valence-corrected chi connectivity index (χ0v) is 15.4. The first kappa shape index (κ1) is 18.8. The fourth-order valence-corrected chi connectivity index (χ4v) is 3.55. The molecule has 7 heteroatoms. The average Bonchev–Trinajstić information content (AvgIpc) is 2.82. The Morgan fingerprint density at radius 1 is 0.808 bits per heavy atom. The number of rotatable bonds is 6. The molecule has 140 valence electrons. The fraction of sp³-hybridized carbons (Fsp3) is 0.368. The zero-order chi connectivity index (χ0) is 18.4. The van der Waals surface area contributed by atoms with E-state index in [0.717, 1.165) is 51.3 Å². The first-order chi connectivity index (χ1) is 12.5. The summed E-state index contributed by atoms with van der Waals surface area (Å²) in [7, 11) is -4.97. The van der Waals surface area contributed by atoms with Gasteiger partial charge in [0.05, 0.1) is 0 Å². The van der Waals surface area contributed by atoms with Crippen LogP contribution in [0.25, 0.3) is 0 Å². The van der Waals surface area contributed by atoms with Gasteiger partial charge in [0.25, 0.3) is 0 Å². The van der Waals surface area contributed by atoms with Crippen LogP contribution in [0.2, 0.25) is 0 Å². The smallest absolute Gasteiger partial charge is 0.358 e. The molecule has 1 saturated heterocycles. The van der Waals surface area contributed by atoms with Gasteiger partial charge in [-0.15, -0.1) is 0 Å². The first-order valence-electron chi connectivity index (χ1n) is 8.69. The molecule has 3 rings (SSSR count). The summed E-state index contributed by atoms with van der Waals surface area (Å²) in [6.07, 6.45) is 1.11. The molecule has 0 unspecified atom stereocenters. The highest BCUT2D eigenvalue weighted by molar-refractivity contribution is 7.81. The number of hydrogen-bond donors (Lipinski definition) is 0. The van der Waals surface area contributed by atoms with E-state index in [1.54, 1.807) is 12.1 Å². The summed E-state index contributed by atoms with van der Waals surface area (Å²) in [5.74, 6) is -0.0128. The molecular formula is C19H23FN2O3S. The maximum absolute atomic E-state index is 12.5. The van der Waals surface area contributed by atoms with E-state index in [1.807, 2.05) is 6.07 Å². The lowest BCUT2D eigenvalue weighted by Gasteiger charge is -2.22. The van der Waals surface area contributed by atoms with Gasteiger partial charge in [-0.3, -0.25) is 9.80 Å². The molecule has 0 N–H and O–H groups in total. The van der Waals surface area contributed by atoms with Crippen LogP contribution < -0.4 is 4.18 Å². The second kappa shape index (κ2) is 8.62. The summed E-state index contributed by atoms with van der Waals surface area (Å²) in [6.45, 7) is 5.83. The van der Waals surface area contributed by atoms with Gasteiger partial charge >= 0.3 is 10.5 Å². The molecule has 0 amide bonds. The molecule has 5 nitrogen and oxygen atoms in total. The van der Waals surface area contributed by atoms with Crippen LogP contribution in [0.15, 0.2) is 54.6 Å². The molecule has 0 saturated carbocycles. The van der Waals surface area contributed by atoms with E-state index in [1.165, 1.54) is 17.7 Å². The largest absolute Gasteiger partial charge is 0.488 e. The Hall–Kier alpha value is -1.96. The Kier molecular flexibility index (Phi) is 6.24. The van der Waals surface area contributed by atoms with Crippen molar-refractivity contribution in [2.45, 2.75) is 19.5 Å². The summed E-state index contributed by atoms with van der Waals surface area (Å²) < 4.78 is 37.7. The van der Waals surface area contributed by atoms with Gasteiger partial charge in [0, 0.05) is 26.2 Å². The van der Waals surface area contributed by atoms with E-state index in [2.05, 4.69) is 38.2 Å². The second-order valence-corrected chi connectivity index (χ2v) is 7.46. The summed E-state index contributed by atoms with van der Waals surface area (Å²) in [6, 6.07) is 17.0. The number of halogens is 1. The molecule has 0 spiro atoms.